The summed E-state index contributed by atoms with van der Waals surface area (Å²) in [5, 5.41) is 12.4. The third-order valence-corrected chi connectivity index (χ3v) is 6.47. The molecular weight excluding hydrogens is 425 g/mol. The molecule has 2 aromatic carbocycles. The lowest BCUT2D eigenvalue weighted by Gasteiger charge is -2.26. The van der Waals surface area contributed by atoms with Crippen molar-refractivity contribution in [3.8, 4) is 0 Å². The van der Waals surface area contributed by atoms with E-state index in [1.165, 1.54) is 42.7 Å². The molecule has 1 aromatic heterocycles. The molecule has 0 unspecified atom stereocenters. The molecular formula is C24H28FN5OS. The molecule has 0 spiro atoms. The second-order valence-electron chi connectivity index (χ2n) is 7.93. The number of benzene rings is 2. The highest BCUT2D eigenvalue weighted by atomic mass is 32.2. The zero-order chi connectivity index (χ0) is 22.2. The van der Waals surface area contributed by atoms with Crippen LogP contribution >= 0.6 is 11.8 Å². The summed E-state index contributed by atoms with van der Waals surface area (Å²) in [5.74, 6) is 0.842. The van der Waals surface area contributed by atoms with Gasteiger partial charge in [-0.15, -0.1) is 10.2 Å². The largest absolute Gasteiger partial charge is 0.324 e. The van der Waals surface area contributed by atoms with Crippen molar-refractivity contribution < 1.29 is 9.18 Å². The van der Waals surface area contributed by atoms with E-state index in [4.69, 9.17) is 0 Å². The highest BCUT2D eigenvalue weighted by Crippen LogP contribution is 2.22. The number of thioether (sulfide) groups is 1. The van der Waals surface area contributed by atoms with Crippen molar-refractivity contribution in [1.82, 2.24) is 19.7 Å². The van der Waals surface area contributed by atoms with E-state index in [1.807, 2.05) is 18.2 Å². The van der Waals surface area contributed by atoms with Gasteiger partial charge in [0.15, 0.2) is 5.16 Å². The SMILES string of the molecule is O=C(CCSc1nnc(CN2CCCCC2)n1Cc1ccccc1)Nc1ccccc1F. The van der Waals surface area contributed by atoms with Crippen LogP contribution in [0.25, 0.3) is 0 Å². The Balaban J connectivity index is 1.40. The highest BCUT2D eigenvalue weighted by molar-refractivity contribution is 7.99. The standard InChI is InChI=1S/C24H28FN5OS/c25-20-11-5-6-12-21(20)26-23(31)13-16-32-24-28-27-22(18-29-14-7-2-8-15-29)30(24)17-19-9-3-1-4-10-19/h1,3-6,9-12H,2,7-8,13-18H2,(H,26,31). The molecule has 2 heterocycles. The van der Waals surface area contributed by atoms with Gasteiger partial charge >= 0.3 is 0 Å². The predicted octanol–water partition coefficient (Wildman–Crippen LogP) is 4.57. The van der Waals surface area contributed by atoms with Crippen LogP contribution in [0.3, 0.4) is 0 Å². The molecule has 32 heavy (non-hydrogen) atoms. The summed E-state index contributed by atoms with van der Waals surface area (Å²) in [6.07, 6.45) is 4.01. The fourth-order valence-corrected chi connectivity index (χ4v) is 4.69. The monoisotopic (exact) mass is 453 g/mol. The van der Waals surface area contributed by atoms with Gasteiger partial charge in [-0.1, -0.05) is 60.6 Å². The lowest BCUT2D eigenvalue weighted by Crippen LogP contribution is -2.30. The smallest absolute Gasteiger partial charge is 0.225 e. The second kappa shape index (κ2) is 11.2. The van der Waals surface area contributed by atoms with Gasteiger partial charge in [-0.2, -0.15) is 0 Å². The van der Waals surface area contributed by atoms with E-state index < -0.39 is 5.82 Å². The summed E-state index contributed by atoms with van der Waals surface area (Å²) in [7, 11) is 0. The summed E-state index contributed by atoms with van der Waals surface area (Å²) in [6, 6.07) is 16.5. The van der Waals surface area contributed by atoms with Gasteiger partial charge in [0.1, 0.15) is 11.6 Å². The van der Waals surface area contributed by atoms with E-state index in [2.05, 4.69) is 37.1 Å². The maximum atomic E-state index is 13.7. The first-order valence-electron chi connectivity index (χ1n) is 11.0. The van der Waals surface area contributed by atoms with Crippen LogP contribution < -0.4 is 5.32 Å². The number of hydrogen-bond acceptors (Lipinski definition) is 5. The molecule has 1 fully saturated rings. The number of piperidine rings is 1. The van der Waals surface area contributed by atoms with Crippen LogP contribution in [0.4, 0.5) is 10.1 Å². The van der Waals surface area contributed by atoms with Crippen molar-refractivity contribution in [2.45, 2.75) is 43.9 Å². The van der Waals surface area contributed by atoms with Crippen molar-refractivity contribution in [3.63, 3.8) is 0 Å². The summed E-state index contributed by atoms with van der Waals surface area (Å²) in [6.45, 7) is 3.67. The number of carbonyl (C=O) groups excluding carboxylic acids is 1. The third-order valence-electron chi connectivity index (χ3n) is 5.50. The zero-order valence-corrected chi connectivity index (χ0v) is 18.9. The highest BCUT2D eigenvalue weighted by Gasteiger charge is 2.18. The molecule has 0 atom stereocenters. The van der Waals surface area contributed by atoms with Crippen LogP contribution in [-0.2, 0) is 17.9 Å². The first kappa shape index (κ1) is 22.5. The number of rotatable bonds is 9. The van der Waals surface area contributed by atoms with E-state index in [0.29, 0.717) is 12.3 Å². The molecule has 8 heteroatoms. The average molecular weight is 454 g/mol. The molecule has 6 nitrogen and oxygen atoms in total. The van der Waals surface area contributed by atoms with Crippen LogP contribution in [0.1, 0.15) is 37.1 Å². The summed E-state index contributed by atoms with van der Waals surface area (Å²) in [4.78, 5) is 14.7. The Hall–Kier alpha value is -2.71. The number of nitrogens with zero attached hydrogens (tertiary/aromatic N) is 4. The van der Waals surface area contributed by atoms with Crippen molar-refractivity contribution in [1.29, 1.82) is 0 Å². The van der Waals surface area contributed by atoms with E-state index in [9.17, 15) is 9.18 Å². The minimum atomic E-state index is -0.432. The van der Waals surface area contributed by atoms with Crippen LogP contribution in [0.5, 0.6) is 0 Å². The van der Waals surface area contributed by atoms with Crippen LogP contribution in [0.2, 0.25) is 0 Å². The molecule has 1 aliphatic heterocycles. The van der Waals surface area contributed by atoms with E-state index in [1.54, 1.807) is 18.2 Å². The van der Waals surface area contributed by atoms with Crippen molar-refractivity contribution >= 4 is 23.4 Å². The molecule has 0 aliphatic carbocycles. The molecule has 1 saturated heterocycles. The number of amides is 1. The number of anilines is 1. The molecule has 3 aromatic rings. The van der Waals surface area contributed by atoms with Gasteiger partial charge in [-0.05, 0) is 43.6 Å². The first-order chi connectivity index (χ1) is 15.7. The first-order valence-corrected chi connectivity index (χ1v) is 12.0. The maximum absolute atomic E-state index is 13.7. The normalized spacial score (nSPS) is 14.4. The second-order valence-corrected chi connectivity index (χ2v) is 9.00. The van der Waals surface area contributed by atoms with Gasteiger partial charge in [0.05, 0.1) is 18.8 Å². The maximum Gasteiger partial charge on any atom is 0.225 e. The Morgan fingerprint density at radius 1 is 0.969 bits per heavy atom. The molecule has 0 bridgehead atoms. The van der Waals surface area contributed by atoms with Crippen molar-refractivity contribution in [2.75, 3.05) is 24.2 Å². The van der Waals surface area contributed by atoms with Gasteiger partial charge in [0.2, 0.25) is 5.91 Å². The summed E-state index contributed by atoms with van der Waals surface area (Å²) in [5.41, 5.74) is 1.39. The van der Waals surface area contributed by atoms with E-state index >= 15 is 0 Å². The van der Waals surface area contributed by atoms with Crippen molar-refractivity contribution in [3.05, 3.63) is 71.8 Å². The molecule has 1 N–H and O–H groups in total. The summed E-state index contributed by atoms with van der Waals surface area (Å²) < 4.78 is 15.9. The zero-order valence-electron chi connectivity index (χ0n) is 18.0. The quantitative estimate of drug-likeness (QED) is 0.481. The topological polar surface area (TPSA) is 63.1 Å². The number of carbonyl (C=O) groups is 1. The van der Waals surface area contributed by atoms with Gasteiger partial charge in [0.25, 0.3) is 0 Å². The predicted molar refractivity (Wildman–Crippen MR) is 125 cm³/mol. The fraction of sp³-hybridized carbons (Fsp3) is 0.375. The molecule has 1 aliphatic rings. The van der Waals surface area contributed by atoms with Crippen LogP contribution in [0.15, 0.2) is 59.8 Å². The van der Waals surface area contributed by atoms with Gasteiger partial charge in [0, 0.05) is 12.2 Å². The number of para-hydroxylation sites is 1. The average Bonchev–Trinajstić information content (AvgIpc) is 3.18. The van der Waals surface area contributed by atoms with Gasteiger partial charge in [-0.25, -0.2) is 4.39 Å². The Morgan fingerprint density at radius 3 is 2.50 bits per heavy atom. The molecule has 0 radical (unpaired) electrons. The molecule has 168 valence electrons. The molecule has 4 rings (SSSR count). The van der Waals surface area contributed by atoms with Gasteiger partial charge in [-0.3, -0.25) is 9.69 Å². The Bertz CT molecular complexity index is 1020. The summed E-state index contributed by atoms with van der Waals surface area (Å²) >= 11 is 1.51. The lowest BCUT2D eigenvalue weighted by molar-refractivity contribution is -0.115. The number of likely N-dealkylation sites (tertiary alicyclic amines) is 1. The van der Waals surface area contributed by atoms with Gasteiger partial charge < -0.3 is 9.88 Å². The number of halogens is 1. The minimum absolute atomic E-state index is 0.207. The molecule has 1 amide bonds. The Morgan fingerprint density at radius 2 is 1.72 bits per heavy atom. The van der Waals surface area contributed by atoms with Crippen LogP contribution in [0, 0.1) is 5.82 Å². The van der Waals surface area contributed by atoms with Crippen LogP contribution in [-0.4, -0.2) is 44.4 Å². The Kier molecular flexibility index (Phi) is 7.90. The number of hydrogen-bond donors (Lipinski definition) is 1. The Labute approximate surface area is 192 Å². The lowest BCUT2D eigenvalue weighted by atomic mass is 10.1. The fourth-order valence-electron chi connectivity index (χ4n) is 3.80. The van der Waals surface area contributed by atoms with E-state index in [-0.39, 0.29) is 18.0 Å². The number of aromatic nitrogens is 3. The minimum Gasteiger partial charge on any atom is -0.324 e. The van der Waals surface area contributed by atoms with E-state index in [0.717, 1.165) is 30.6 Å². The number of nitrogens with one attached hydrogen (secondary N) is 1. The molecule has 0 saturated carbocycles. The van der Waals surface area contributed by atoms with Crippen molar-refractivity contribution in [2.24, 2.45) is 0 Å². The third kappa shape index (κ3) is 6.17.